The number of aliphatic hydroxyl groups excluding tert-OH is 1. The summed E-state index contributed by atoms with van der Waals surface area (Å²) in [5.74, 6) is 0. The molecular formula is C12H14BrN3O. The van der Waals surface area contributed by atoms with E-state index >= 15 is 0 Å². The Morgan fingerprint density at radius 1 is 1.53 bits per heavy atom. The SMILES string of the molecule is Cc1nn(C)c(CC(O)c2cccnc2)c1Br. The molecule has 17 heavy (non-hydrogen) atoms. The number of rotatable bonds is 3. The van der Waals surface area contributed by atoms with Crippen molar-refractivity contribution in [3.63, 3.8) is 0 Å². The van der Waals surface area contributed by atoms with Crippen LogP contribution in [-0.4, -0.2) is 19.9 Å². The Kier molecular flexibility index (Phi) is 3.59. The summed E-state index contributed by atoms with van der Waals surface area (Å²) < 4.78 is 2.75. The Morgan fingerprint density at radius 3 is 2.82 bits per heavy atom. The Hall–Kier alpha value is -1.20. The average Bonchev–Trinajstić information content (AvgIpc) is 2.57. The Balaban J connectivity index is 2.22. The Bertz CT molecular complexity index is 510. The Labute approximate surface area is 108 Å². The van der Waals surface area contributed by atoms with Crippen LogP contribution in [0.4, 0.5) is 0 Å². The molecule has 0 aliphatic heterocycles. The standard InChI is InChI=1S/C12H14BrN3O/c1-8-12(13)10(16(2)15-8)6-11(17)9-4-3-5-14-7-9/h3-5,7,11,17H,6H2,1-2H3. The van der Waals surface area contributed by atoms with E-state index in [1.807, 2.05) is 26.1 Å². The molecule has 1 atom stereocenters. The van der Waals surface area contributed by atoms with Crippen molar-refractivity contribution in [3.05, 3.63) is 46.0 Å². The van der Waals surface area contributed by atoms with Crippen molar-refractivity contribution in [2.75, 3.05) is 0 Å². The van der Waals surface area contributed by atoms with E-state index in [2.05, 4.69) is 26.0 Å². The van der Waals surface area contributed by atoms with E-state index in [0.29, 0.717) is 6.42 Å². The highest BCUT2D eigenvalue weighted by atomic mass is 79.9. The fourth-order valence-electron chi connectivity index (χ4n) is 1.78. The van der Waals surface area contributed by atoms with Crippen molar-refractivity contribution < 1.29 is 5.11 Å². The van der Waals surface area contributed by atoms with Crippen molar-refractivity contribution in [1.29, 1.82) is 0 Å². The molecule has 0 aliphatic rings. The fraction of sp³-hybridized carbons (Fsp3) is 0.333. The molecule has 0 bridgehead atoms. The van der Waals surface area contributed by atoms with Crippen LogP contribution in [-0.2, 0) is 13.5 Å². The maximum absolute atomic E-state index is 10.1. The molecular weight excluding hydrogens is 282 g/mol. The second kappa shape index (κ2) is 4.98. The van der Waals surface area contributed by atoms with Crippen LogP contribution in [0.1, 0.15) is 23.1 Å². The van der Waals surface area contributed by atoms with Gasteiger partial charge in [-0.3, -0.25) is 9.67 Å². The summed E-state index contributed by atoms with van der Waals surface area (Å²) in [6.45, 7) is 1.93. The summed E-state index contributed by atoms with van der Waals surface area (Å²) in [6, 6.07) is 3.69. The van der Waals surface area contributed by atoms with E-state index in [0.717, 1.165) is 21.4 Å². The average molecular weight is 296 g/mol. The predicted molar refractivity (Wildman–Crippen MR) is 68.5 cm³/mol. The minimum Gasteiger partial charge on any atom is -0.388 e. The smallest absolute Gasteiger partial charge is 0.0860 e. The molecule has 0 amide bonds. The van der Waals surface area contributed by atoms with Crippen LogP contribution in [0.2, 0.25) is 0 Å². The molecule has 0 fully saturated rings. The van der Waals surface area contributed by atoms with E-state index < -0.39 is 6.10 Å². The third kappa shape index (κ3) is 2.56. The molecule has 1 N–H and O–H groups in total. The summed E-state index contributed by atoms with van der Waals surface area (Å²) in [6.07, 6.45) is 3.33. The van der Waals surface area contributed by atoms with Crippen molar-refractivity contribution in [2.24, 2.45) is 7.05 Å². The van der Waals surface area contributed by atoms with Crippen LogP contribution in [0, 0.1) is 6.92 Å². The number of hydrogen-bond acceptors (Lipinski definition) is 3. The molecule has 0 aromatic carbocycles. The second-order valence-corrected chi connectivity index (χ2v) is 4.77. The molecule has 0 saturated carbocycles. The first-order valence-electron chi connectivity index (χ1n) is 5.35. The van der Waals surface area contributed by atoms with E-state index in [4.69, 9.17) is 0 Å². The van der Waals surface area contributed by atoms with Gasteiger partial charge in [-0.2, -0.15) is 5.10 Å². The van der Waals surface area contributed by atoms with Crippen molar-refractivity contribution in [1.82, 2.24) is 14.8 Å². The van der Waals surface area contributed by atoms with Gasteiger partial charge >= 0.3 is 0 Å². The van der Waals surface area contributed by atoms with Gasteiger partial charge in [-0.05, 0) is 34.5 Å². The molecule has 2 rings (SSSR count). The number of aliphatic hydroxyl groups is 1. The third-order valence-electron chi connectivity index (χ3n) is 2.72. The minimum atomic E-state index is -0.560. The first kappa shape index (κ1) is 12.3. The summed E-state index contributed by atoms with van der Waals surface area (Å²) >= 11 is 3.49. The van der Waals surface area contributed by atoms with Crippen LogP contribution in [0.3, 0.4) is 0 Å². The van der Waals surface area contributed by atoms with Gasteiger partial charge in [-0.25, -0.2) is 0 Å². The number of hydrogen-bond donors (Lipinski definition) is 1. The highest BCUT2D eigenvalue weighted by Crippen LogP contribution is 2.25. The normalized spacial score (nSPS) is 12.7. The number of aromatic nitrogens is 3. The zero-order valence-electron chi connectivity index (χ0n) is 9.76. The second-order valence-electron chi connectivity index (χ2n) is 3.98. The number of nitrogens with zero attached hydrogens (tertiary/aromatic N) is 3. The first-order chi connectivity index (χ1) is 8.09. The quantitative estimate of drug-likeness (QED) is 0.944. The maximum Gasteiger partial charge on any atom is 0.0860 e. The first-order valence-corrected chi connectivity index (χ1v) is 6.15. The van der Waals surface area contributed by atoms with E-state index in [9.17, 15) is 5.11 Å². The topological polar surface area (TPSA) is 50.9 Å². The zero-order chi connectivity index (χ0) is 12.4. The summed E-state index contributed by atoms with van der Waals surface area (Å²) in [7, 11) is 1.88. The van der Waals surface area contributed by atoms with Crippen molar-refractivity contribution >= 4 is 15.9 Å². The van der Waals surface area contributed by atoms with Crippen LogP contribution in [0.15, 0.2) is 29.0 Å². The molecule has 2 aromatic rings. The van der Waals surface area contributed by atoms with Gasteiger partial charge in [0.15, 0.2) is 0 Å². The molecule has 90 valence electrons. The number of pyridine rings is 1. The van der Waals surface area contributed by atoms with E-state index in [-0.39, 0.29) is 0 Å². The van der Waals surface area contributed by atoms with Gasteiger partial charge in [-0.1, -0.05) is 6.07 Å². The summed E-state index contributed by atoms with van der Waals surface area (Å²) in [5.41, 5.74) is 2.73. The molecule has 0 saturated heterocycles. The third-order valence-corrected chi connectivity index (χ3v) is 3.75. The highest BCUT2D eigenvalue weighted by molar-refractivity contribution is 9.10. The van der Waals surface area contributed by atoms with Crippen LogP contribution < -0.4 is 0 Å². The highest BCUT2D eigenvalue weighted by Gasteiger charge is 2.16. The van der Waals surface area contributed by atoms with Crippen LogP contribution in [0.25, 0.3) is 0 Å². The molecule has 0 radical (unpaired) electrons. The lowest BCUT2D eigenvalue weighted by atomic mass is 10.1. The van der Waals surface area contributed by atoms with Crippen molar-refractivity contribution in [2.45, 2.75) is 19.4 Å². The van der Waals surface area contributed by atoms with Gasteiger partial charge < -0.3 is 5.11 Å². The number of halogens is 1. The lowest BCUT2D eigenvalue weighted by Gasteiger charge is -2.11. The maximum atomic E-state index is 10.1. The van der Waals surface area contributed by atoms with Gasteiger partial charge in [0.05, 0.1) is 22.0 Å². The molecule has 4 nitrogen and oxygen atoms in total. The summed E-state index contributed by atoms with van der Waals surface area (Å²) in [5, 5.41) is 14.4. The largest absolute Gasteiger partial charge is 0.388 e. The van der Waals surface area contributed by atoms with Gasteiger partial charge in [0.1, 0.15) is 0 Å². The van der Waals surface area contributed by atoms with E-state index in [1.54, 1.807) is 17.1 Å². The lowest BCUT2D eigenvalue weighted by Crippen LogP contribution is -2.07. The molecule has 0 aliphatic carbocycles. The monoisotopic (exact) mass is 295 g/mol. The van der Waals surface area contributed by atoms with Gasteiger partial charge in [0.2, 0.25) is 0 Å². The molecule has 2 heterocycles. The molecule has 2 aromatic heterocycles. The van der Waals surface area contributed by atoms with Crippen LogP contribution in [0.5, 0.6) is 0 Å². The molecule has 0 spiro atoms. The van der Waals surface area contributed by atoms with Crippen LogP contribution >= 0.6 is 15.9 Å². The van der Waals surface area contributed by atoms with Gasteiger partial charge in [-0.15, -0.1) is 0 Å². The molecule has 1 unspecified atom stereocenters. The Morgan fingerprint density at radius 2 is 2.29 bits per heavy atom. The molecule has 5 heteroatoms. The summed E-state index contributed by atoms with van der Waals surface area (Å²) in [4.78, 5) is 4.00. The van der Waals surface area contributed by atoms with Gasteiger partial charge in [0, 0.05) is 25.9 Å². The van der Waals surface area contributed by atoms with Gasteiger partial charge in [0.25, 0.3) is 0 Å². The predicted octanol–water partition coefficient (Wildman–Crippen LogP) is 2.16. The number of aryl methyl sites for hydroxylation is 2. The zero-order valence-corrected chi connectivity index (χ0v) is 11.3. The fourth-order valence-corrected chi connectivity index (χ4v) is 2.27. The minimum absolute atomic E-state index is 0.517. The lowest BCUT2D eigenvalue weighted by molar-refractivity contribution is 0.175. The van der Waals surface area contributed by atoms with E-state index in [1.165, 1.54) is 0 Å². The van der Waals surface area contributed by atoms with Crippen molar-refractivity contribution in [3.8, 4) is 0 Å².